The van der Waals surface area contributed by atoms with Gasteiger partial charge in [0.05, 0.1) is 0 Å². The van der Waals surface area contributed by atoms with Gasteiger partial charge in [-0.1, -0.05) is 77.6 Å². The molecule has 0 heterocycles. The van der Waals surface area contributed by atoms with Crippen LogP contribution in [-0.4, -0.2) is 0 Å². The van der Waals surface area contributed by atoms with E-state index in [0.29, 0.717) is 5.41 Å². The summed E-state index contributed by atoms with van der Waals surface area (Å²) < 4.78 is 0. The summed E-state index contributed by atoms with van der Waals surface area (Å²) in [6.45, 7) is 9.14. The first-order valence-electron chi connectivity index (χ1n) is 7.43. The fraction of sp³-hybridized carbons (Fsp3) is 0.611. The Morgan fingerprint density at radius 3 is 2.17 bits per heavy atom. The molecule has 1 rings (SSSR count). The number of rotatable bonds is 7. The largest absolute Gasteiger partial charge is 0.0654 e. The normalized spacial score (nSPS) is 11.8. The highest BCUT2D eigenvalue weighted by molar-refractivity contribution is 5.28. The zero-order valence-corrected chi connectivity index (χ0v) is 12.6. The van der Waals surface area contributed by atoms with Crippen LogP contribution < -0.4 is 0 Å². The highest BCUT2D eigenvalue weighted by Crippen LogP contribution is 2.21. The molecule has 0 atom stereocenters. The quantitative estimate of drug-likeness (QED) is 0.533. The summed E-state index contributed by atoms with van der Waals surface area (Å²) in [5.74, 6) is 0. The molecule has 1 aromatic carbocycles. The number of hydrogen-bond donors (Lipinski definition) is 0. The predicted molar refractivity (Wildman–Crippen MR) is 81.8 cm³/mol. The highest BCUT2D eigenvalue weighted by Gasteiger charge is 2.10. The summed E-state index contributed by atoms with van der Waals surface area (Å²) >= 11 is 0. The Bertz CT molecular complexity index is 313. The Kier molecular flexibility index (Phi) is 6.46. The van der Waals surface area contributed by atoms with E-state index in [4.69, 9.17) is 0 Å². The molecule has 0 N–H and O–H groups in total. The van der Waals surface area contributed by atoms with Gasteiger partial charge in [0.25, 0.3) is 0 Å². The maximum Gasteiger partial charge on any atom is -0.00931 e. The van der Waals surface area contributed by atoms with Crippen LogP contribution in [0.1, 0.15) is 70.9 Å². The van der Waals surface area contributed by atoms with Crippen LogP contribution in [-0.2, 0) is 6.42 Å². The van der Waals surface area contributed by atoms with E-state index >= 15 is 0 Å². The molecule has 0 aromatic heterocycles. The smallest absolute Gasteiger partial charge is 0.00931 e. The lowest BCUT2D eigenvalue weighted by molar-refractivity contribution is 0.411. The average molecular weight is 245 g/mol. The molecule has 0 unspecified atom stereocenters. The minimum absolute atomic E-state index is 0.380. The molecule has 0 aliphatic rings. The summed E-state index contributed by atoms with van der Waals surface area (Å²) in [5, 5.41) is 0. The zero-order chi connectivity index (χ0) is 13.4. The minimum atomic E-state index is 0.380. The molecule has 0 bridgehead atoms. The van der Waals surface area contributed by atoms with E-state index in [1.165, 1.54) is 43.2 Å². The predicted octanol–water partition coefficient (Wildman–Crippen LogP) is 5.80. The Morgan fingerprint density at radius 1 is 0.944 bits per heavy atom. The third kappa shape index (κ3) is 6.83. The molecule has 0 fully saturated rings. The molecule has 0 spiro atoms. The molecule has 0 heteroatoms. The molecule has 18 heavy (non-hydrogen) atoms. The van der Waals surface area contributed by atoms with Crippen LogP contribution in [0.5, 0.6) is 0 Å². The summed E-state index contributed by atoms with van der Waals surface area (Å²) in [4.78, 5) is 0. The topological polar surface area (TPSA) is 0 Å². The highest BCUT2D eigenvalue weighted by atomic mass is 14.2. The van der Waals surface area contributed by atoms with Crippen molar-refractivity contribution in [2.45, 2.75) is 66.2 Å². The first kappa shape index (κ1) is 15.3. The summed E-state index contributed by atoms with van der Waals surface area (Å²) in [6.07, 6.45) is 10.1. The lowest BCUT2D eigenvalue weighted by atomic mass is 9.88. The van der Waals surface area contributed by atoms with Crippen molar-refractivity contribution in [2.75, 3.05) is 0 Å². The van der Waals surface area contributed by atoms with Crippen LogP contribution >= 0.6 is 0 Å². The van der Waals surface area contributed by atoms with Gasteiger partial charge in [0.15, 0.2) is 0 Å². The lowest BCUT2D eigenvalue weighted by Crippen LogP contribution is -2.08. The monoisotopic (exact) mass is 245 g/mol. The molecule has 0 aliphatic carbocycles. The zero-order valence-electron chi connectivity index (χ0n) is 12.6. The first-order valence-corrected chi connectivity index (χ1v) is 7.43. The van der Waals surface area contributed by atoms with Gasteiger partial charge in [-0.2, -0.15) is 0 Å². The Hall–Kier alpha value is -0.780. The Morgan fingerprint density at radius 2 is 1.61 bits per heavy atom. The molecular weight excluding hydrogens is 216 g/mol. The molecule has 0 saturated carbocycles. The van der Waals surface area contributed by atoms with Crippen LogP contribution in [0.2, 0.25) is 0 Å². The van der Waals surface area contributed by atoms with Crippen LogP contribution in [0.4, 0.5) is 0 Å². The van der Waals surface area contributed by atoms with Crippen LogP contribution in [0.3, 0.4) is 0 Å². The van der Waals surface area contributed by atoms with Crippen molar-refractivity contribution >= 4 is 0 Å². The van der Waals surface area contributed by atoms with Crippen LogP contribution in [0.25, 0.3) is 0 Å². The van der Waals surface area contributed by atoms with Crippen molar-refractivity contribution < 1.29 is 0 Å². The van der Waals surface area contributed by atoms with E-state index in [1.807, 2.05) is 0 Å². The number of benzene rings is 1. The summed E-state index contributed by atoms with van der Waals surface area (Å²) in [5.41, 5.74) is 3.21. The number of hydrogen-bond acceptors (Lipinski definition) is 0. The van der Waals surface area contributed by atoms with Gasteiger partial charge < -0.3 is 0 Å². The second kappa shape index (κ2) is 7.61. The molecule has 1 radical (unpaired) electrons. The van der Waals surface area contributed by atoms with Gasteiger partial charge in [-0.05, 0) is 35.8 Å². The standard InChI is InChI=1S/C18H29/c1-5-6-7-8-9-10-16-11-13-17(14-12-16)15-18(2,3)4/h10-14H,5-9,15H2,1-4H3. The maximum absolute atomic E-state index is 2.37. The Balaban J connectivity index is 2.32. The molecule has 0 saturated heterocycles. The van der Waals surface area contributed by atoms with Gasteiger partial charge in [-0.15, -0.1) is 0 Å². The fourth-order valence-electron chi connectivity index (χ4n) is 2.22. The van der Waals surface area contributed by atoms with Crippen LogP contribution in [0.15, 0.2) is 24.3 Å². The van der Waals surface area contributed by atoms with E-state index in [2.05, 4.69) is 58.4 Å². The van der Waals surface area contributed by atoms with Gasteiger partial charge in [-0.3, -0.25) is 0 Å². The summed E-state index contributed by atoms with van der Waals surface area (Å²) in [6, 6.07) is 9.09. The average Bonchev–Trinajstić information content (AvgIpc) is 2.29. The maximum atomic E-state index is 2.37. The van der Waals surface area contributed by atoms with Crippen molar-refractivity contribution in [2.24, 2.45) is 5.41 Å². The molecule has 0 amide bonds. The third-order valence-corrected chi connectivity index (χ3v) is 3.15. The molecule has 0 aliphatic heterocycles. The van der Waals surface area contributed by atoms with E-state index in [0.717, 1.165) is 6.42 Å². The lowest BCUT2D eigenvalue weighted by Gasteiger charge is -2.18. The molecular formula is C18H29. The van der Waals surface area contributed by atoms with Crippen molar-refractivity contribution in [3.05, 3.63) is 41.8 Å². The molecule has 1 aromatic rings. The van der Waals surface area contributed by atoms with Gasteiger partial charge in [0.1, 0.15) is 0 Å². The van der Waals surface area contributed by atoms with Crippen molar-refractivity contribution in [1.29, 1.82) is 0 Å². The Labute approximate surface area is 114 Å². The third-order valence-electron chi connectivity index (χ3n) is 3.15. The van der Waals surface area contributed by atoms with E-state index in [1.54, 1.807) is 0 Å². The van der Waals surface area contributed by atoms with E-state index < -0.39 is 0 Å². The van der Waals surface area contributed by atoms with Crippen LogP contribution in [0, 0.1) is 11.8 Å². The fourth-order valence-corrected chi connectivity index (χ4v) is 2.22. The van der Waals surface area contributed by atoms with Gasteiger partial charge in [-0.25, -0.2) is 0 Å². The first-order chi connectivity index (χ1) is 8.51. The van der Waals surface area contributed by atoms with Crippen molar-refractivity contribution in [3.8, 4) is 0 Å². The van der Waals surface area contributed by atoms with E-state index in [-0.39, 0.29) is 0 Å². The van der Waals surface area contributed by atoms with Crippen molar-refractivity contribution in [1.82, 2.24) is 0 Å². The van der Waals surface area contributed by atoms with E-state index in [9.17, 15) is 0 Å². The SMILES string of the molecule is CCCCCC[CH]c1ccc(CC(C)(C)C)cc1. The summed E-state index contributed by atoms with van der Waals surface area (Å²) in [7, 11) is 0. The van der Waals surface area contributed by atoms with Gasteiger partial charge in [0, 0.05) is 0 Å². The minimum Gasteiger partial charge on any atom is -0.0654 e. The second-order valence-corrected chi connectivity index (χ2v) is 6.53. The molecule has 101 valence electrons. The van der Waals surface area contributed by atoms with Crippen molar-refractivity contribution in [3.63, 3.8) is 0 Å². The second-order valence-electron chi connectivity index (χ2n) is 6.53. The van der Waals surface area contributed by atoms with Gasteiger partial charge >= 0.3 is 0 Å². The number of unbranched alkanes of at least 4 members (excludes halogenated alkanes) is 4. The molecule has 0 nitrogen and oxygen atoms in total. The van der Waals surface area contributed by atoms with Gasteiger partial charge in [0.2, 0.25) is 0 Å².